The maximum Gasteiger partial charge on any atom is 0.0972 e. The molecule has 0 fully saturated rings. The zero-order chi connectivity index (χ0) is 8.20. The first-order valence-electron chi connectivity index (χ1n) is 2.57. The maximum absolute atomic E-state index is 10.0. The van der Waals surface area contributed by atoms with E-state index in [0.29, 0.717) is 0 Å². The Labute approximate surface area is 59.4 Å². The lowest BCUT2D eigenvalue weighted by atomic mass is 10.4. The minimum atomic E-state index is -4.28. The van der Waals surface area contributed by atoms with Gasteiger partial charge in [0, 0.05) is 7.11 Å². The Hall–Kier alpha value is -0.170. The van der Waals surface area contributed by atoms with E-state index < -0.39 is 28.6 Å². The van der Waals surface area contributed by atoms with Gasteiger partial charge in [-0.1, -0.05) is 0 Å². The van der Waals surface area contributed by atoms with Crippen molar-refractivity contribution in [1.82, 2.24) is 0 Å². The Balaban J connectivity index is 3.87. The normalized spacial score (nSPS) is 15.1. The molecule has 0 aliphatic carbocycles. The molecule has 10 heavy (non-hydrogen) atoms. The summed E-state index contributed by atoms with van der Waals surface area (Å²) in [5.41, 5.74) is 0. The van der Waals surface area contributed by atoms with E-state index in [-0.39, 0.29) is 0 Å². The van der Waals surface area contributed by atoms with Crippen LogP contribution in [-0.4, -0.2) is 43.7 Å². The van der Waals surface area contributed by atoms with E-state index in [1.165, 1.54) is 7.11 Å². The van der Waals surface area contributed by atoms with Crippen LogP contribution in [0.2, 0.25) is 0 Å². The Morgan fingerprint density at radius 2 is 2.20 bits per heavy atom. The van der Waals surface area contributed by atoms with Crippen molar-refractivity contribution in [2.24, 2.45) is 0 Å². The molecule has 1 unspecified atom stereocenters. The van der Waals surface area contributed by atoms with Gasteiger partial charge in [0.15, 0.2) is 0 Å². The van der Waals surface area contributed by atoms with Gasteiger partial charge in [-0.3, -0.25) is 0 Å². The van der Waals surface area contributed by atoms with Crippen LogP contribution in [0.3, 0.4) is 0 Å². The lowest BCUT2D eigenvalue weighted by Gasteiger charge is -2.13. The molecule has 0 heterocycles. The summed E-state index contributed by atoms with van der Waals surface area (Å²) in [5.74, 6) is -0.681. The molecule has 0 aromatic rings. The fourth-order valence-electron chi connectivity index (χ4n) is 0.423. The van der Waals surface area contributed by atoms with E-state index in [9.17, 15) is 13.0 Å². The predicted molar refractivity (Wildman–Crippen MR) is 32.4 cm³/mol. The molecule has 1 atom stereocenters. The maximum atomic E-state index is 10.0. The fraction of sp³-hybridized carbons (Fsp3) is 1.00. The summed E-state index contributed by atoms with van der Waals surface area (Å²) >= 11 is 0. The van der Waals surface area contributed by atoms with E-state index >= 15 is 0 Å². The van der Waals surface area contributed by atoms with Gasteiger partial charge in [-0.05, 0) is 0 Å². The third-order valence-electron chi connectivity index (χ3n) is 0.927. The SMILES string of the molecule is COC(CO)CS(=O)(=O)[O-]. The molecule has 0 radical (unpaired) electrons. The second-order valence-corrected chi connectivity index (χ2v) is 3.21. The van der Waals surface area contributed by atoms with Gasteiger partial charge in [-0.15, -0.1) is 0 Å². The highest BCUT2D eigenvalue weighted by Gasteiger charge is 2.08. The van der Waals surface area contributed by atoms with Crippen LogP contribution in [0.25, 0.3) is 0 Å². The van der Waals surface area contributed by atoms with Crippen LogP contribution in [0.5, 0.6) is 0 Å². The smallest absolute Gasteiger partial charge is 0.0972 e. The molecule has 0 saturated heterocycles. The summed E-state index contributed by atoms with van der Waals surface area (Å²) in [5, 5.41) is 8.36. The average molecular weight is 169 g/mol. The molecule has 0 aromatic carbocycles. The van der Waals surface area contributed by atoms with Crippen LogP contribution in [-0.2, 0) is 14.9 Å². The van der Waals surface area contributed by atoms with Crippen molar-refractivity contribution >= 4 is 10.1 Å². The van der Waals surface area contributed by atoms with Crippen LogP contribution in [0.1, 0.15) is 0 Å². The summed E-state index contributed by atoms with van der Waals surface area (Å²) in [6, 6.07) is 0. The van der Waals surface area contributed by atoms with Crippen LogP contribution in [0.15, 0.2) is 0 Å². The van der Waals surface area contributed by atoms with Crippen LogP contribution < -0.4 is 0 Å². The van der Waals surface area contributed by atoms with Crippen molar-refractivity contribution in [1.29, 1.82) is 0 Å². The van der Waals surface area contributed by atoms with Crippen molar-refractivity contribution in [3.05, 3.63) is 0 Å². The molecule has 62 valence electrons. The molecule has 0 rings (SSSR count). The van der Waals surface area contributed by atoms with Crippen LogP contribution >= 0.6 is 0 Å². The Morgan fingerprint density at radius 1 is 1.70 bits per heavy atom. The van der Waals surface area contributed by atoms with Gasteiger partial charge in [-0.2, -0.15) is 0 Å². The van der Waals surface area contributed by atoms with E-state index in [1.807, 2.05) is 0 Å². The number of aliphatic hydroxyl groups excluding tert-OH is 1. The van der Waals surface area contributed by atoms with Crippen LogP contribution in [0.4, 0.5) is 0 Å². The number of rotatable bonds is 4. The van der Waals surface area contributed by atoms with Crippen molar-refractivity contribution < 1.29 is 22.8 Å². The summed E-state index contributed by atoms with van der Waals surface area (Å²) in [6.45, 7) is -0.460. The zero-order valence-corrected chi connectivity index (χ0v) is 6.30. The lowest BCUT2D eigenvalue weighted by molar-refractivity contribution is 0.0633. The first-order valence-corrected chi connectivity index (χ1v) is 4.14. The number of methoxy groups -OCH3 is 1. The number of hydrogen-bond acceptors (Lipinski definition) is 5. The predicted octanol–water partition coefficient (Wildman–Crippen LogP) is -1.46. The molecule has 1 N–H and O–H groups in total. The molecule has 0 spiro atoms. The van der Waals surface area contributed by atoms with Gasteiger partial charge in [0.25, 0.3) is 0 Å². The molecule has 0 saturated carbocycles. The minimum absolute atomic E-state index is 0.460. The summed E-state index contributed by atoms with van der Waals surface area (Å²) in [4.78, 5) is 0. The largest absolute Gasteiger partial charge is 0.748 e. The van der Waals surface area contributed by atoms with E-state index in [1.54, 1.807) is 0 Å². The highest BCUT2D eigenvalue weighted by atomic mass is 32.2. The molecule has 0 aliphatic heterocycles. The summed E-state index contributed by atoms with van der Waals surface area (Å²) in [6.07, 6.45) is -0.900. The van der Waals surface area contributed by atoms with Gasteiger partial charge < -0.3 is 14.4 Å². The average Bonchev–Trinajstić information content (AvgIpc) is 1.81. The Morgan fingerprint density at radius 3 is 2.30 bits per heavy atom. The monoisotopic (exact) mass is 169 g/mol. The number of hydrogen-bond donors (Lipinski definition) is 1. The van der Waals surface area contributed by atoms with Crippen molar-refractivity contribution in [3.63, 3.8) is 0 Å². The standard InChI is InChI=1S/C4H10O5S/c1-9-4(2-5)3-10(6,7)8/h4-5H,2-3H2,1H3,(H,6,7,8)/p-1. The highest BCUT2D eigenvalue weighted by Crippen LogP contribution is 1.92. The van der Waals surface area contributed by atoms with Crippen molar-refractivity contribution in [3.8, 4) is 0 Å². The molecule has 0 bridgehead atoms. The number of ether oxygens (including phenoxy) is 1. The number of aliphatic hydroxyl groups is 1. The lowest BCUT2D eigenvalue weighted by Crippen LogP contribution is -2.25. The van der Waals surface area contributed by atoms with E-state index in [0.717, 1.165) is 0 Å². The first kappa shape index (κ1) is 9.83. The van der Waals surface area contributed by atoms with Gasteiger partial charge in [0.1, 0.15) is 0 Å². The molecule has 0 amide bonds. The Bertz CT molecular complexity index is 168. The Kier molecular flexibility index (Phi) is 3.80. The topological polar surface area (TPSA) is 86.7 Å². The van der Waals surface area contributed by atoms with Crippen molar-refractivity contribution in [2.75, 3.05) is 19.5 Å². The zero-order valence-electron chi connectivity index (χ0n) is 5.48. The molecular weight excluding hydrogens is 160 g/mol. The third kappa shape index (κ3) is 4.68. The summed E-state index contributed by atoms with van der Waals surface area (Å²) < 4.78 is 34.5. The van der Waals surface area contributed by atoms with Crippen LogP contribution in [0, 0.1) is 0 Å². The quantitative estimate of drug-likeness (QED) is 0.520. The fourth-order valence-corrected chi connectivity index (χ4v) is 1.12. The van der Waals surface area contributed by atoms with Crippen molar-refractivity contribution in [2.45, 2.75) is 6.10 Å². The van der Waals surface area contributed by atoms with E-state index in [2.05, 4.69) is 4.74 Å². The molecule has 5 nitrogen and oxygen atoms in total. The summed E-state index contributed by atoms with van der Waals surface area (Å²) in [7, 11) is -3.05. The van der Waals surface area contributed by atoms with Gasteiger partial charge in [-0.25, -0.2) is 8.42 Å². The molecule has 0 aromatic heterocycles. The highest BCUT2D eigenvalue weighted by molar-refractivity contribution is 7.85. The van der Waals surface area contributed by atoms with Gasteiger partial charge in [0.2, 0.25) is 0 Å². The molecule has 6 heteroatoms. The van der Waals surface area contributed by atoms with E-state index in [4.69, 9.17) is 5.11 Å². The third-order valence-corrected chi connectivity index (χ3v) is 1.71. The first-order chi connectivity index (χ1) is 4.49. The van der Waals surface area contributed by atoms with Gasteiger partial charge >= 0.3 is 0 Å². The molecular formula is C4H9O5S-. The second-order valence-electron chi connectivity index (χ2n) is 1.76. The second kappa shape index (κ2) is 3.87. The van der Waals surface area contributed by atoms with Gasteiger partial charge in [0.05, 0.1) is 28.6 Å². The molecule has 0 aliphatic rings. The minimum Gasteiger partial charge on any atom is -0.748 e.